The Morgan fingerprint density at radius 1 is 1.25 bits per heavy atom. The molecule has 6 heteroatoms. The number of nitrogens with zero attached hydrogens (tertiary/aromatic N) is 2. The first-order valence-corrected chi connectivity index (χ1v) is 7.64. The van der Waals surface area contributed by atoms with E-state index in [1.165, 1.54) is 12.8 Å². The second kappa shape index (κ2) is 5.91. The van der Waals surface area contributed by atoms with E-state index in [0.717, 1.165) is 32.4 Å². The number of amides is 2. The average molecular weight is 278 g/mol. The summed E-state index contributed by atoms with van der Waals surface area (Å²) >= 11 is 0. The van der Waals surface area contributed by atoms with E-state index in [-0.39, 0.29) is 11.8 Å². The van der Waals surface area contributed by atoms with E-state index in [4.69, 9.17) is 0 Å². The first kappa shape index (κ1) is 13.5. The molecule has 0 aromatic carbocycles. The van der Waals surface area contributed by atoms with Crippen molar-refractivity contribution in [2.45, 2.75) is 57.0 Å². The molecule has 2 amide bonds. The summed E-state index contributed by atoms with van der Waals surface area (Å²) in [5.74, 6) is -0.0895. The van der Waals surface area contributed by atoms with Crippen molar-refractivity contribution < 1.29 is 9.59 Å². The molecule has 6 nitrogen and oxygen atoms in total. The molecule has 0 radical (unpaired) electrons. The highest BCUT2D eigenvalue weighted by Crippen LogP contribution is 2.28. The second-order valence-corrected chi connectivity index (χ2v) is 5.93. The normalized spacial score (nSPS) is 26.7. The maximum absolute atomic E-state index is 12.6. The lowest BCUT2D eigenvalue weighted by molar-refractivity contribution is -0.125. The third-order valence-electron chi connectivity index (χ3n) is 4.23. The Kier molecular flexibility index (Phi) is 4.00. The molecule has 3 aliphatic rings. The van der Waals surface area contributed by atoms with Gasteiger partial charge in [-0.25, -0.2) is 5.43 Å². The van der Waals surface area contributed by atoms with Crippen molar-refractivity contribution in [3.63, 3.8) is 0 Å². The molecule has 2 N–H and O–H groups in total. The molecule has 1 aliphatic carbocycles. The van der Waals surface area contributed by atoms with Crippen LogP contribution in [0.4, 0.5) is 0 Å². The van der Waals surface area contributed by atoms with Gasteiger partial charge in [0.2, 0.25) is 5.91 Å². The van der Waals surface area contributed by atoms with Crippen LogP contribution < -0.4 is 10.7 Å². The van der Waals surface area contributed by atoms with Crippen LogP contribution in [0.5, 0.6) is 0 Å². The SMILES string of the molecule is O=C1CCC(C(=O)N(CC2CCCCN2)C2CC2)=NN1. The van der Waals surface area contributed by atoms with Gasteiger partial charge in [0.25, 0.3) is 5.91 Å². The van der Waals surface area contributed by atoms with Crippen LogP contribution >= 0.6 is 0 Å². The van der Waals surface area contributed by atoms with Gasteiger partial charge in [0.1, 0.15) is 5.71 Å². The first-order valence-electron chi connectivity index (χ1n) is 7.64. The van der Waals surface area contributed by atoms with Gasteiger partial charge in [-0.3, -0.25) is 9.59 Å². The summed E-state index contributed by atoms with van der Waals surface area (Å²) in [5.41, 5.74) is 2.92. The monoisotopic (exact) mass is 278 g/mol. The smallest absolute Gasteiger partial charge is 0.270 e. The molecular weight excluding hydrogens is 256 g/mol. The summed E-state index contributed by atoms with van der Waals surface area (Å²) in [6, 6.07) is 0.790. The lowest BCUT2D eigenvalue weighted by Gasteiger charge is -2.31. The Labute approximate surface area is 119 Å². The lowest BCUT2D eigenvalue weighted by Crippen LogP contribution is -2.49. The standard InChI is InChI=1S/C14H22N4O2/c19-13-7-6-12(16-17-13)14(20)18(11-4-5-11)9-10-3-1-2-8-15-10/h10-11,15H,1-9H2,(H,17,19). The number of carbonyl (C=O) groups excluding carboxylic acids is 2. The van der Waals surface area contributed by atoms with Gasteiger partial charge in [0.05, 0.1) is 0 Å². The van der Waals surface area contributed by atoms with Gasteiger partial charge < -0.3 is 10.2 Å². The number of hydrazone groups is 1. The minimum Gasteiger partial charge on any atom is -0.333 e. The Morgan fingerprint density at radius 2 is 2.10 bits per heavy atom. The number of nitrogens with one attached hydrogen (secondary N) is 2. The van der Waals surface area contributed by atoms with E-state index in [2.05, 4.69) is 15.8 Å². The summed E-state index contributed by atoms with van der Waals surface area (Å²) in [6.45, 7) is 1.82. The molecule has 2 fully saturated rings. The molecule has 20 heavy (non-hydrogen) atoms. The van der Waals surface area contributed by atoms with Crippen molar-refractivity contribution in [1.29, 1.82) is 0 Å². The van der Waals surface area contributed by atoms with Crippen LogP contribution in [0.2, 0.25) is 0 Å². The van der Waals surface area contributed by atoms with Crippen molar-refractivity contribution >= 4 is 17.5 Å². The Bertz CT molecular complexity index is 425. The molecule has 0 aromatic rings. The fourth-order valence-electron chi connectivity index (χ4n) is 2.90. The third kappa shape index (κ3) is 3.17. The maximum Gasteiger partial charge on any atom is 0.270 e. The average Bonchev–Trinajstić information content (AvgIpc) is 3.30. The topological polar surface area (TPSA) is 73.8 Å². The highest BCUT2D eigenvalue weighted by molar-refractivity contribution is 6.39. The predicted molar refractivity (Wildman–Crippen MR) is 75.2 cm³/mol. The molecule has 2 heterocycles. The van der Waals surface area contributed by atoms with Crippen LogP contribution in [0, 0.1) is 0 Å². The largest absolute Gasteiger partial charge is 0.333 e. The molecule has 110 valence electrons. The Hall–Kier alpha value is -1.43. The summed E-state index contributed by atoms with van der Waals surface area (Å²) < 4.78 is 0. The highest BCUT2D eigenvalue weighted by Gasteiger charge is 2.36. The van der Waals surface area contributed by atoms with E-state index < -0.39 is 0 Å². The fraction of sp³-hybridized carbons (Fsp3) is 0.786. The van der Waals surface area contributed by atoms with E-state index in [1.807, 2.05) is 4.90 Å². The quantitative estimate of drug-likeness (QED) is 0.781. The number of piperidine rings is 1. The fourth-order valence-corrected chi connectivity index (χ4v) is 2.90. The van der Waals surface area contributed by atoms with Gasteiger partial charge in [-0.2, -0.15) is 5.10 Å². The molecule has 1 atom stereocenters. The molecule has 0 bridgehead atoms. The van der Waals surface area contributed by atoms with Gasteiger partial charge in [-0.15, -0.1) is 0 Å². The summed E-state index contributed by atoms with van der Waals surface area (Å²) in [5, 5.41) is 7.43. The van der Waals surface area contributed by atoms with Crippen molar-refractivity contribution in [2.75, 3.05) is 13.1 Å². The number of hydrogen-bond acceptors (Lipinski definition) is 4. The third-order valence-corrected chi connectivity index (χ3v) is 4.23. The molecule has 2 aliphatic heterocycles. The molecule has 0 aromatic heterocycles. The van der Waals surface area contributed by atoms with Gasteiger partial charge in [-0.1, -0.05) is 6.42 Å². The zero-order valence-corrected chi connectivity index (χ0v) is 11.7. The van der Waals surface area contributed by atoms with E-state index in [1.54, 1.807) is 0 Å². The maximum atomic E-state index is 12.6. The minimum absolute atomic E-state index is 0.0138. The van der Waals surface area contributed by atoms with Crippen molar-refractivity contribution in [2.24, 2.45) is 5.10 Å². The molecule has 0 spiro atoms. The van der Waals surface area contributed by atoms with E-state index in [9.17, 15) is 9.59 Å². The van der Waals surface area contributed by atoms with E-state index >= 15 is 0 Å². The van der Waals surface area contributed by atoms with Crippen LogP contribution in [-0.2, 0) is 9.59 Å². The van der Waals surface area contributed by atoms with Crippen LogP contribution in [0.3, 0.4) is 0 Å². The number of hydrogen-bond donors (Lipinski definition) is 2. The lowest BCUT2D eigenvalue weighted by atomic mass is 10.0. The summed E-state index contributed by atoms with van der Waals surface area (Å²) in [4.78, 5) is 25.7. The highest BCUT2D eigenvalue weighted by atomic mass is 16.2. The summed E-state index contributed by atoms with van der Waals surface area (Å²) in [7, 11) is 0. The molecule has 1 saturated carbocycles. The van der Waals surface area contributed by atoms with Crippen LogP contribution in [0.1, 0.15) is 44.9 Å². The predicted octanol–water partition coefficient (Wildman–Crippen LogP) is 0.386. The first-order chi connectivity index (χ1) is 9.74. The van der Waals surface area contributed by atoms with E-state index in [0.29, 0.717) is 30.6 Å². The van der Waals surface area contributed by atoms with Gasteiger partial charge in [0.15, 0.2) is 0 Å². The van der Waals surface area contributed by atoms with Crippen molar-refractivity contribution in [3.8, 4) is 0 Å². The molecule has 3 rings (SSSR count). The Balaban J connectivity index is 1.63. The molecule has 1 unspecified atom stereocenters. The minimum atomic E-state index is -0.103. The zero-order valence-electron chi connectivity index (χ0n) is 11.7. The van der Waals surface area contributed by atoms with Crippen LogP contribution in [-0.4, -0.2) is 47.6 Å². The van der Waals surface area contributed by atoms with Gasteiger partial charge >= 0.3 is 0 Å². The molecule has 1 saturated heterocycles. The summed E-state index contributed by atoms with van der Waals surface area (Å²) in [6.07, 6.45) is 6.63. The Morgan fingerprint density at radius 3 is 2.70 bits per heavy atom. The zero-order chi connectivity index (χ0) is 13.9. The van der Waals surface area contributed by atoms with Crippen LogP contribution in [0.25, 0.3) is 0 Å². The van der Waals surface area contributed by atoms with Crippen molar-refractivity contribution in [1.82, 2.24) is 15.6 Å². The van der Waals surface area contributed by atoms with Crippen LogP contribution in [0.15, 0.2) is 5.10 Å². The second-order valence-electron chi connectivity index (χ2n) is 5.93. The number of rotatable bonds is 4. The van der Waals surface area contributed by atoms with Gasteiger partial charge in [-0.05, 0) is 32.2 Å². The number of carbonyl (C=O) groups is 2. The molecular formula is C14H22N4O2. The van der Waals surface area contributed by atoms with Crippen molar-refractivity contribution in [3.05, 3.63) is 0 Å². The van der Waals surface area contributed by atoms with Gasteiger partial charge in [0, 0.05) is 31.5 Å².